The number of piperazine rings is 1. The number of alkyl halides is 3. The molecule has 3 nitrogen and oxygen atoms in total. The second kappa shape index (κ2) is 6.93. The number of hydrogen-bond acceptors (Lipinski definition) is 3. The summed E-state index contributed by atoms with van der Waals surface area (Å²) in [4.78, 5) is 3.93. The highest BCUT2D eigenvalue weighted by Gasteiger charge is 2.34. The summed E-state index contributed by atoms with van der Waals surface area (Å²) in [6.45, 7) is 4.65. The lowest BCUT2D eigenvalue weighted by atomic mass is 10.0. The molecule has 1 aromatic carbocycles. The van der Waals surface area contributed by atoms with E-state index < -0.39 is 17.6 Å². The minimum atomic E-state index is -4.48. The van der Waals surface area contributed by atoms with Crippen molar-refractivity contribution in [2.75, 3.05) is 39.3 Å². The molecule has 0 bridgehead atoms. The number of nitrogens with zero attached hydrogens (tertiary/aromatic N) is 2. The quantitative estimate of drug-likeness (QED) is 0.862. The van der Waals surface area contributed by atoms with E-state index in [2.05, 4.69) is 4.90 Å². The molecular formula is C15H20F4N2O. The SMILES string of the molecule is Cc1cc(C(F)(F)F)c(CN2CCN(CCO)CC2)cc1F. The van der Waals surface area contributed by atoms with Crippen LogP contribution in [0.4, 0.5) is 17.6 Å². The summed E-state index contributed by atoms with van der Waals surface area (Å²) < 4.78 is 52.9. The lowest BCUT2D eigenvalue weighted by molar-refractivity contribution is -0.138. The van der Waals surface area contributed by atoms with E-state index in [0.29, 0.717) is 32.7 Å². The van der Waals surface area contributed by atoms with Crippen LogP contribution in [0.15, 0.2) is 12.1 Å². The van der Waals surface area contributed by atoms with E-state index >= 15 is 0 Å². The van der Waals surface area contributed by atoms with Crippen molar-refractivity contribution >= 4 is 0 Å². The molecule has 22 heavy (non-hydrogen) atoms. The zero-order valence-electron chi connectivity index (χ0n) is 12.5. The maximum absolute atomic E-state index is 13.6. The van der Waals surface area contributed by atoms with Crippen molar-refractivity contribution < 1.29 is 22.7 Å². The van der Waals surface area contributed by atoms with Crippen molar-refractivity contribution in [1.29, 1.82) is 0 Å². The van der Waals surface area contributed by atoms with Crippen LogP contribution in [0, 0.1) is 12.7 Å². The van der Waals surface area contributed by atoms with Crippen molar-refractivity contribution in [2.45, 2.75) is 19.6 Å². The molecule has 0 aromatic heterocycles. The van der Waals surface area contributed by atoms with E-state index in [4.69, 9.17) is 5.11 Å². The number of aliphatic hydroxyl groups excluding tert-OH is 1. The molecular weight excluding hydrogens is 300 g/mol. The average molecular weight is 320 g/mol. The summed E-state index contributed by atoms with van der Waals surface area (Å²) in [6, 6.07) is 1.88. The van der Waals surface area contributed by atoms with E-state index in [-0.39, 0.29) is 24.3 Å². The summed E-state index contributed by atoms with van der Waals surface area (Å²) in [5.74, 6) is -0.609. The Bertz CT molecular complexity index is 511. The van der Waals surface area contributed by atoms with E-state index in [1.165, 1.54) is 6.92 Å². The second-order valence-electron chi connectivity index (χ2n) is 5.60. The van der Waals surface area contributed by atoms with E-state index in [1.807, 2.05) is 4.90 Å². The Balaban J connectivity index is 2.11. The minimum Gasteiger partial charge on any atom is -0.395 e. The van der Waals surface area contributed by atoms with E-state index in [1.54, 1.807) is 0 Å². The van der Waals surface area contributed by atoms with Crippen LogP contribution < -0.4 is 0 Å². The molecule has 0 radical (unpaired) electrons. The fourth-order valence-corrected chi connectivity index (χ4v) is 2.67. The first-order valence-corrected chi connectivity index (χ1v) is 7.23. The fourth-order valence-electron chi connectivity index (χ4n) is 2.67. The van der Waals surface area contributed by atoms with Crippen LogP contribution in [-0.4, -0.2) is 54.2 Å². The smallest absolute Gasteiger partial charge is 0.395 e. The Morgan fingerprint density at radius 1 is 1.09 bits per heavy atom. The van der Waals surface area contributed by atoms with Crippen molar-refractivity contribution in [2.24, 2.45) is 0 Å². The molecule has 1 saturated heterocycles. The van der Waals surface area contributed by atoms with E-state index in [0.717, 1.165) is 12.1 Å². The number of benzene rings is 1. The number of β-amino-alcohol motifs (C(OH)–C–C–N with tert-alkyl or cyclic N) is 1. The third-order valence-electron chi connectivity index (χ3n) is 3.96. The molecule has 1 heterocycles. The van der Waals surface area contributed by atoms with Gasteiger partial charge in [-0.2, -0.15) is 13.2 Å². The highest BCUT2D eigenvalue weighted by molar-refractivity contribution is 5.34. The minimum absolute atomic E-state index is 0.00356. The Kier molecular flexibility index (Phi) is 5.41. The van der Waals surface area contributed by atoms with Crippen LogP contribution in [0.2, 0.25) is 0 Å². The van der Waals surface area contributed by atoms with Gasteiger partial charge in [0.2, 0.25) is 0 Å². The molecule has 1 fully saturated rings. The highest BCUT2D eigenvalue weighted by atomic mass is 19.4. The summed E-state index contributed by atoms with van der Waals surface area (Å²) >= 11 is 0. The predicted molar refractivity (Wildman–Crippen MR) is 74.9 cm³/mol. The predicted octanol–water partition coefficient (Wildman–Crippen LogP) is 2.26. The van der Waals surface area contributed by atoms with Crippen LogP contribution in [0.3, 0.4) is 0 Å². The number of aryl methyl sites for hydroxylation is 1. The van der Waals surface area contributed by atoms with Gasteiger partial charge in [0.05, 0.1) is 12.2 Å². The Morgan fingerprint density at radius 2 is 1.68 bits per heavy atom. The van der Waals surface area contributed by atoms with Gasteiger partial charge in [-0.05, 0) is 30.2 Å². The molecule has 0 unspecified atom stereocenters. The Morgan fingerprint density at radius 3 is 2.23 bits per heavy atom. The van der Waals surface area contributed by atoms with Gasteiger partial charge in [-0.25, -0.2) is 4.39 Å². The van der Waals surface area contributed by atoms with Gasteiger partial charge in [0.25, 0.3) is 0 Å². The van der Waals surface area contributed by atoms with Crippen molar-refractivity contribution in [3.8, 4) is 0 Å². The van der Waals surface area contributed by atoms with Gasteiger partial charge in [-0.1, -0.05) is 0 Å². The monoisotopic (exact) mass is 320 g/mol. The summed E-state index contributed by atoms with van der Waals surface area (Å²) in [5.41, 5.74) is -0.778. The van der Waals surface area contributed by atoms with Crippen molar-refractivity contribution in [3.05, 3.63) is 34.6 Å². The lowest BCUT2D eigenvalue weighted by Gasteiger charge is -2.34. The van der Waals surface area contributed by atoms with Gasteiger partial charge >= 0.3 is 6.18 Å². The molecule has 0 aliphatic carbocycles. The normalized spacial score (nSPS) is 17.9. The largest absolute Gasteiger partial charge is 0.416 e. The van der Waals surface area contributed by atoms with Gasteiger partial charge in [0.1, 0.15) is 5.82 Å². The van der Waals surface area contributed by atoms with Crippen molar-refractivity contribution in [3.63, 3.8) is 0 Å². The molecule has 7 heteroatoms. The number of halogens is 4. The van der Waals surface area contributed by atoms with Crippen molar-refractivity contribution in [1.82, 2.24) is 9.80 Å². The first-order valence-electron chi connectivity index (χ1n) is 7.23. The van der Waals surface area contributed by atoms with Gasteiger partial charge < -0.3 is 5.11 Å². The highest BCUT2D eigenvalue weighted by Crippen LogP contribution is 2.34. The molecule has 0 spiro atoms. The number of aliphatic hydroxyl groups is 1. The van der Waals surface area contributed by atoms with Gasteiger partial charge in [-0.3, -0.25) is 9.80 Å². The standard InChI is InChI=1S/C15H20F4N2O/c1-11-8-13(15(17,18)19)12(9-14(11)16)10-21-4-2-20(3-5-21)6-7-22/h8-9,22H,2-7,10H2,1H3. The molecule has 1 aliphatic rings. The third-order valence-corrected chi connectivity index (χ3v) is 3.96. The third kappa shape index (κ3) is 4.18. The first-order chi connectivity index (χ1) is 10.3. The topological polar surface area (TPSA) is 26.7 Å². The average Bonchev–Trinajstić information content (AvgIpc) is 2.44. The zero-order chi connectivity index (χ0) is 16.3. The van der Waals surface area contributed by atoms with Crippen LogP contribution in [0.5, 0.6) is 0 Å². The Hall–Kier alpha value is -1.18. The fraction of sp³-hybridized carbons (Fsp3) is 0.600. The van der Waals surface area contributed by atoms with Crippen LogP contribution in [0.25, 0.3) is 0 Å². The molecule has 0 atom stereocenters. The summed E-state index contributed by atoms with van der Waals surface area (Å²) in [6.07, 6.45) is -4.48. The number of rotatable bonds is 4. The maximum Gasteiger partial charge on any atom is 0.416 e. The molecule has 0 amide bonds. The zero-order valence-corrected chi connectivity index (χ0v) is 12.5. The van der Waals surface area contributed by atoms with Gasteiger partial charge in [0.15, 0.2) is 0 Å². The van der Waals surface area contributed by atoms with Gasteiger partial charge in [0, 0.05) is 39.3 Å². The molecule has 124 valence electrons. The molecule has 1 aromatic rings. The Labute approximate surface area is 127 Å². The summed E-state index contributed by atoms with van der Waals surface area (Å²) in [5, 5.41) is 8.88. The second-order valence-corrected chi connectivity index (χ2v) is 5.60. The first kappa shape index (κ1) is 17.2. The molecule has 2 rings (SSSR count). The molecule has 1 aliphatic heterocycles. The van der Waals surface area contributed by atoms with Crippen LogP contribution >= 0.6 is 0 Å². The maximum atomic E-state index is 13.6. The van der Waals surface area contributed by atoms with E-state index in [9.17, 15) is 17.6 Å². The van der Waals surface area contributed by atoms with Crippen LogP contribution in [-0.2, 0) is 12.7 Å². The van der Waals surface area contributed by atoms with Gasteiger partial charge in [-0.15, -0.1) is 0 Å². The van der Waals surface area contributed by atoms with Crippen LogP contribution in [0.1, 0.15) is 16.7 Å². The lowest BCUT2D eigenvalue weighted by Crippen LogP contribution is -2.46. The molecule has 0 saturated carbocycles. The summed E-state index contributed by atoms with van der Waals surface area (Å²) in [7, 11) is 0. The molecule has 1 N–H and O–H groups in total. The number of hydrogen-bond donors (Lipinski definition) is 1.